The number of benzene rings is 1. The van der Waals surface area contributed by atoms with Gasteiger partial charge in [-0.1, -0.05) is 23.8 Å². The molecule has 0 radical (unpaired) electrons. The van der Waals surface area contributed by atoms with Gasteiger partial charge >= 0.3 is 0 Å². The van der Waals surface area contributed by atoms with E-state index in [2.05, 4.69) is 11.1 Å². The molecule has 2 N–H and O–H groups in total. The summed E-state index contributed by atoms with van der Waals surface area (Å²) < 4.78 is 10.4. The number of ether oxygens (including phenoxy) is 2. The summed E-state index contributed by atoms with van der Waals surface area (Å²) in [6.45, 7) is 2.05. The maximum absolute atomic E-state index is 6.30. The van der Waals surface area contributed by atoms with Gasteiger partial charge in [-0.15, -0.1) is 0 Å². The third-order valence-electron chi connectivity index (χ3n) is 3.25. The van der Waals surface area contributed by atoms with Crippen LogP contribution in [0.1, 0.15) is 22.7 Å². The fraction of sp³-hybridized carbons (Fsp3) is 0.312. The highest BCUT2D eigenvalue weighted by Gasteiger charge is 2.13. The number of rotatable bonds is 5. The third-order valence-corrected chi connectivity index (χ3v) is 3.25. The van der Waals surface area contributed by atoms with Crippen molar-refractivity contribution in [2.45, 2.75) is 19.4 Å². The second kappa shape index (κ2) is 6.39. The lowest BCUT2D eigenvalue weighted by Gasteiger charge is -2.16. The van der Waals surface area contributed by atoms with Crippen LogP contribution in [0, 0.1) is 6.92 Å². The van der Waals surface area contributed by atoms with Crippen molar-refractivity contribution in [3.63, 3.8) is 0 Å². The first-order chi connectivity index (χ1) is 9.63. The summed E-state index contributed by atoms with van der Waals surface area (Å²) in [5, 5.41) is 0. The molecule has 4 nitrogen and oxygen atoms in total. The van der Waals surface area contributed by atoms with E-state index in [9.17, 15) is 0 Å². The molecule has 0 bridgehead atoms. The van der Waals surface area contributed by atoms with E-state index in [-0.39, 0.29) is 6.04 Å². The quantitative estimate of drug-likeness (QED) is 0.909. The fourth-order valence-electron chi connectivity index (χ4n) is 2.16. The number of aryl methyl sites for hydroxylation is 1. The Balaban J connectivity index is 2.18. The molecule has 2 rings (SSSR count). The number of nitrogens with zero attached hydrogens (tertiary/aromatic N) is 1. The first-order valence-corrected chi connectivity index (χ1v) is 6.53. The first kappa shape index (κ1) is 14.3. The van der Waals surface area contributed by atoms with Crippen LogP contribution in [0.4, 0.5) is 0 Å². The minimum Gasteiger partial charge on any atom is -0.496 e. The number of hydrogen-bond donors (Lipinski definition) is 1. The lowest BCUT2D eigenvalue weighted by atomic mass is 9.98. The van der Waals surface area contributed by atoms with Gasteiger partial charge in [0.2, 0.25) is 5.88 Å². The lowest BCUT2D eigenvalue weighted by Crippen LogP contribution is -2.15. The average molecular weight is 272 g/mol. The Morgan fingerprint density at radius 3 is 2.55 bits per heavy atom. The van der Waals surface area contributed by atoms with Crippen molar-refractivity contribution in [1.29, 1.82) is 0 Å². The molecular formula is C16H20N2O2. The highest BCUT2D eigenvalue weighted by Crippen LogP contribution is 2.27. The second-order valence-electron chi connectivity index (χ2n) is 4.76. The van der Waals surface area contributed by atoms with Crippen LogP contribution < -0.4 is 15.2 Å². The monoisotopic (exact) mass is 272 g/mol. The molecule has 0 spiro atoms. The van der Waals surface area contributed by atoms with Gasteiger partial charge in [0.15, 0.2) is 0 Å². The minimum atomic E-state index is -0.125. The summed E-state index contributed by atoms with van der Waals surface area (Å²) in [6, 6.07) is 9.74. The van der Waals surface area contributed by atoms with Crippen molar-refractivity contribution >= 4 is 0 Å². The third kappa shape index (κ3) is 3.27. The van der Waals surface area contributed by atoms with Crippen LogP contribution in [0.15, 0.2) is 36.5 Å². The smallest absolute Gasteiger partial charge is 0.212 e. The number of methoxy groups -OCH3 is 2. The van der Waals surface area contributed by atoms with E-state index >= 15 is 0 Å². The summed E-state index contributed by atoms with van der Waals surface area (Å²) in [6.07, 6.45) is 2.50. The molecule has 106 valence electrons. The van der Waals surface area contributed by atoms with Crippen LogP contribution in [-0.2, 0) is 6.42 Å². The van der Waals surface area contributed by atoms with E-state index in [1.165, 1.54) is 5.56 Å². The minimum absolute atomic E-state index is 0.125. The highest BCUT2D eigenvalue weighted by atomic mass is 16.5. The number of nitrogens with two attached hydrogens (primary N) is 1. The topological polar surface area (TPSA) is 57.4 Å². The first-order valence-electron chi connectivity index (χ1n) is 6.53. The van der Waals surface area contributed by atoms with Gasteiger partial charge in [0.1, 0.15) is 5.75 Å². The molecule has 0 aliphatic carbocycles. The zero-order valence-electron chi connectivity index (χ0n) is 12.1. The predicted octanol–water partition coefficient (Wildman–Crippen LogP) is 2.65. The Morgan fingerprint density at radius 1 is 1.15 bits per heavy atom. The Morgan fingerprint density at radius 2 is 1.95 bits per heavy atom. The van der Waals surface area contributed by atoms with Crippen LogP contribution in [0.3, 0.4) is 0 Å². The molecule has 1 atom stereocenters. The van der Waals surface area contributed by atoms with Crippen molar-refractivity contribution in [3.8, 4) is 11.6 Å². The molecule has 0 aliphatic heterocycles. The molecule has 1 aromatic heterocycles. The van der Waals surface area contributed by atoms with E-state index in [0.29, 0.717) is 12.3 Å². The molecule has 1 unspecified atom stereocenters. The van der Waals surface area contributed by atoms with Gasteiger partial charge in [0, 0.05) is 23.9 Å². The summed E-state index contributed by atoms with van der Waals surface area (Å²) in [5.74, 6) is 1.43. The van der Waals surface area contributed by atoms with E-state index in [1.54, 1.807) is 20.4 Å². The Kier molecular flexibility index (Phi) is 4.58. The standard InChI is InChI=1S/C16H20N2O2/c1-11-4-6-15(19-2)13(8-11)14(17)9-12-5-7-16(20-3)18-10-12/h4-8,10,14H,9,17H2,1-3H3. The Labute approximate surface area is 119 Å². The Hall–Kier alpha value is -2.07. The normalized spacial score (nSPS) is 12.0. The lowest BCUT2D eigenvalue weighted by molar-refractivity contribution is 0.397. The SMILES string of the molecule is COc1ccc(CC(N)c2cc(C)ccc2OC)cn1. The van der Waals surface area contributed by atoms with Crippen LogP contribution >= 0.6 is 0 Å². The maximum Gasteiger partial charge on any atom is 0.212 e. The summed E-state index contributed by atoms with van der Waals surface area (Å²) >= 11 is 0. The van der Waals surface area contributed by atoms with Gasteiger partial charge in [-0.25, -0.2) is 4.98 Å². The molecule has 0 saturated heterocycles. The number of hydrogen-bond acceptors (Lipinski definition) is 4. The molecule has 0 amide bonds. The maximum atomic E-state index is 6.30. The van der Waals surface area contributed by atoms with E-state index in [4.69, 9.17) is 15.2 Å². The summed E-state index contributed by atoms with van der Waals surface area (Å²) in [5.41, 5.74) is 9.56. The molecule has 1 aromatic carbocycles. The van der Waals surface area contributed by atoms with Crippen LogP contribution in [-0.4, -0.2) is 19.2 Å². The second-order valence-corrected chi connectivity index (χ2v) is 4.76. The number of pyridine rings is 1. The predicted molar refractivity (Wildman–Crippen MR) is 79.2 cm³/mol. The van der Waals surface area contributed by atoms with Gasteiger partial charge in [0.25, 0.3) is 0 Å². The van der Waals surface area contributed by atoms with Crippen molar-refractivity contribution in [3.05, 3.63) is 53.2 Å². The zero-order chi connectivity index (χ0) is 14.5. The number of aromatic nitrogens is 1. The largest absolute Gasteiger partial charge is 0.496 e. The summed E-state index contributed by atoms with van der Waals surface area (Å²) in [7, 11) is 3.27. The van der Waals surface area contributed by atoms with Crippen LogP contribution in [0.2, 0.25) is 0 Å². The highest BCUT2D eigenvalue weighted by molar-refractivity contribution is 5.39. The molecule has 0 fully saturated rings. The molecule has 1 heterocycles. The average Bonchev–Trinajstić information content (AvgIpc) is 2.48. The zero-order valence-corrected chi connectivity index (χ0v) is 12.1. The molecular weight excluding hydrogens is 252 g/mol. The molecule has 2 aromatic rings. The molecule has 4 heteroatoms. The van der Waals surface area contributed by atoms with Crippen molar-refractivity contribution in [2.24, 2.45) is 5.73 Å². The van der Waals surface area contributed by atoms with Gasteiger partial charge in [-0.05, 0) is 25.0 Å². The molecule has 0 saturated carbocycles. The fourth-order valence-corrected chi connectivity index (χ4v) is 2.16. The van der Waals surface area contributed by atoms with Gasteiger partial charge < -0.3 is 15.2 Å². The molecule has 0 aliphatic rings. The van der Waals surface area contributed by atoms with Crippen LogP contribution in [0.5, 0.6) is 11.6 Å². The van der Waals surface area contributed by atoms with E-state index in [0.717, 1.165) is 16.9 Å². The van der Waals surface area contributed by atoms with Gasteiger partial charge in [-0.3, -0.25) is 0 Å². The van der Waals surface area contributed by atoms with Crippen LogP contribution in [0.25, 0.3) is 0 Å². The van der Waals surface area contributed by atoms with Gasteiger partial charge in [-0.2, -0.15) is 0 Å². The van der Waals surface area contributed by atoms with Crippen molar-refractivity contribution < 1.29 is 9.47 Å². The van der Waals surface area contributed by atoms with Crippen molar-refractivity contribution in [1.82, 2.24) is 4.98 Å². The van der Waals surface area contributed by atoms with Crippen molar-refractivity contribution in [2.75, 3.05) is 14.2 Å². The van der Waals surface area contributed by atoms with E-state index in [1.807, 2.05) is 31.2 Å². The Bertz CT molecular complexity index is 567. The van der Waals surface area contributed by atoms with E-state index < -0.39 is 0 Å². The van der Waals surface area contributed by atoms with Gasteiger partial charge in [0.05, 0.1) is 14.2 Å². The summed E-state index contributed by atoms with van der Waals surface area (Å²) in [4.78, 5) is 4.20. The molecule has 20 heavy (non-hydrogen) atoms.